The third-order valence-corrected chi connectivity index (χ3v) is 3.40. The van der Waals surface area contributed by atoms with Crippen LogP contribution in [0.4, 0.5) is 4.79 Å². The van der Waals surface area contributed by atoms with Gasteiger partial charge in [-0.2, -0.15) is 0 Å². The van der Waals surface area contributed by atoms with Crippen molar-refractivity contribution >= 4 is 17.5 Å². The molecule has 3 N–H and O–H groups in total. The molecule has 0 saturated heterocycles. The van der Waals surface area contributed by atoms with Gasteiger partial charge in [-0.3, -0.25) is 4.79 Å². The maximum absolute atomic E-state index is 12.1. The molecule has 2 aromatic heterocycles. The van der Waals surface area contributed by atoms with Crippen LogP contribution in [0.15, 0.2) is 30.5 Å². The normalized spacial score (nSPS) is 12.2. The Morgan fingerprint density at radius 3 is 2.39 bits per heavy atom. The van der Waals surface area contributed by atoms with Crippen LogP contribution in [0, 0.1) is 0 Å². The van der Waals surface area contributed by atoms with E-state index in [1.165, 1.54) is 0 Å². The molecule has 0 saturated carbocycles. The van der Waals surface area contributed by atoms with Gasteiger partial charge in [-0.15, -0.1) is 0 Å². The van der Waals surface area contributed by atoms with Gasteiger partial charge in [0.25, 0.3) is 5.91 Å². The summed E-state index contributed by atoms with van der Waals surface area (Å²) in [6, 6.07) is 7.20. The summed E-state index contributed by atoms with van der Waals surface area (Å²) in [5, 5.41) is 2.84. The van der Waals surface area contributed by atoms with Crippen LogP contribution >= 0.6 is 0 Å². The van der Waals surface area contributed by atoms with Crippen molar-refractivity contribution in [3.05, 3.63) is 41.7 Å². The average molecular weight is 317 g/mol. The molecule has 0 spiro atoms. The number of hydrogen-bond donors (Lipinski definition) is 2. The highest BCUT2D eigenvalue weighted by atomic mass is 16.6. The lowest BCUT2D eigenvalue weighted by Gasteiger charge is -2.28. The zero-order valence-electron chi connectivity index (χ0n) is 14.1. The number of aromatic nitrogens is 1. The van der Waals surface area contributed by atoms with Crippen LogP contribution in [0.2, 0.25) is 0 Å². The van der Waals surface area contributed by atoms with E-state index >= 15 is 0 Å². The number of hydrogen-bond acceptors (Lipinski definition) is 3. The average Bonchev–Trinajstić information content (AvgIpc) is 2.75. The van der Waals surface area contributed by atoms with E-state index < -0.39 is 23.1 Å². The SMILES string of the molecule is CC(C)(C)OC(=O)NC(C)(C)c1cc(C(N)=O)c2ccccn12. The van der Waals surface area contributed by atoms with Gasteiger partial charge < -0.3 is 20.2 Å². The molecule has 0 aliphatic heterocycles. The first-order valence-corrected chi connectivity index (χ1v) is 7.43. The summed E-state index contributed by atoms with van der Waals surface area (Å²) in [4.78, 5) is 23.8. The lowest BCUT2D eigenvalue weighted by molar-refractivity contribution is 0.0468. The maximum atomic E-state index is 12.1. The fourth-order valence-electron chi connectivity index (χ4n) is 2.45. The molecule has 2 aromatic rings. The molecule has 0 aliphatic rings. The minimum atomic E-state index is -0.750. The van der Waals surface area contributed by atoms with E-state index in [0.29, 0.717) is 11.1 Å². The van der Waals surface area contributed by atoms with Crippen LogP contribution < -0.4 is 11.1 Å². The highest BCUT2D eigenvalue weighted by molar-refractivity contribution is 6.00. The minimum Gasteiger partial charge on any atom is -0.444 e. The van der Waals surface area contributed by atoms with Crippen LogP contribution in [0.3, 0.4) is 0 Å². The van der Waals surface area contributed by atoms with Crippen molar-refractivity contribution in [1.29, 1.82) is 0 Å². The number of carbonyl (C=O) groups is 2. The first kappa shape index (κ1) is 16.9. The number of ether oxygens (including phenoxy) is 1. The molecule has 6 heteroatoms. The van der Waals surface area contributed by atoms with Crippen LogP contribution in [0.1, 0.15) is 50.7 Å². The van der Waals surface area contributed by atoms with Crippen LogP contribution in [-0.2, 0) is 10.3 Å². The predicted octanol–water partition coefficient (Wildman–Crippen LogP) is 2.80. The number of alkyl carbamates (subject to hydrolysis) is 1. The molecule has 0 aliphatic carbocycles. The molecule has 2 heterocycles. The number of primary amides is 1. The molecule has 6 nitrogen and oxygen atoms in total. The standard InChI is InChI=1S/C17H23N3O3/c1-16(2,3)23-15(22)19-17(4,5)13-10-11(14(18)21)12-8-6-7-9-20(12)13/h6-10H,1-5H3,(H2,18,21)(H,19,22). The van der Waals surface area contributed by atoms with Gasteiger partial charge in [0.05, 0.1) is 16.6 Å². The fraction of sp³-hybridized carbons (Fsp3) is 0.412. The number of nitrogens with zero attached hydrogens (tertiary/aromatic N) is 1. The molecule has 2 amide bonds. The zero-order chi connectivity index (χ0) is 17.4. The Balaban J connectivity index is 2.42. The van der Waals surface area contributed by atoms with Gasteiger partial charge in [0.1, 0.15) is 5.60 Å². The molecule has 0 radical (unpaired) electrons. The van der Waals surface area contributed by atoms with Crippen LogP contribution in [0.25, 0.3) is 5.52 Å². The second-order valence-electron chi connectivity index (χ2n) is 7.02. The van der Waals surface area contributed by atoms with Crippen molar-refractivity contribution in [1.82, 2.24) is 9.72 Å². The van der Waals surface area contributed by atoms with E-state index in [1.54, 1.807) is 26.8 Å². The Morgan fingerprint density at radius 1 is 1.17 bits per heavy atom. The Kier molecular flexibility index (Phi) is 4.11. The summed E-state index contributed by atoms with van der Waals surface area (Å²) in [6.07, 6.45) is 1.31. The smallest absolute Gasteiger partial charge is 0.408 e. The van der Waals surface area contributed by atoms with Crippen molar-refractivity contribution in [2.45, 2.75) is 45.8 Å². The van der Waals surface area contributed by atoms with Crippen molar-refractivity contribution in [2.75, 3.05) is 0 Å². The van der Waals surface area contributed by atoms with Gasteiger partial charge in [0, 0.05) is 11.9 Å². The van der Waals surface area contributed by atoms with Crippen molar-refractivity contribution in [2.24, 2.45) is 5.73 Å². The molecule has 23 heavy (non-hydrogen) atoms. The number of rotatable bonds is 3. The Hall–Kier alpha value is -2.50. The van der Waals surface area contributed by atoms with Crippen molar-refractivity contribution in [3.63, 3.8) is 0 Å². The predicted molar refractivity (Wildman–Crippen MR) is 88.3 cm³/mol. The highest BCUT2D eigenvalue weighted by Gasteiger charge is 2.30. The summed E-state index contributed by atoms with van der Waals surface area (Å²) >= 11 is 0. The lowest BCUT2D eigenvalue weighted by Crippen LogP contribution is -2.44. The molecule has 0 aromatic carbocycles. The van der Waals surface area contributed by atoms with E-state index in [1.807, 2.05) is 42.6 Å². The van der Waals surface area contributed by atoms with E-state index in [4.69, 9.17) is 10.5 Å². The number of nitrogens with two attached hydrogens (primary N) is 1. The number of carbonyl (C=O) groups excluding carboxylic acids is 2. The van der Waals surface area contributed by atoms with Gasteiger partial charge in [0.15, 0.2) is 0 Å². The third kappa shape index (κ3) is 3.64. The molecule has 0 unspecified atom stereocenters. The second-order valence-corrected chi connectivity index (χ2v) is 7.02. The third-order valence-electron chi connectivity index (χ3n) is 3.40. The molecular weight excluding hydrogens is 294 g/mol. The van der Waals surface area contributed by atoms with Crippen LogP contribution in [0.5, 0.6) is 0 Å². The molecular formula is C17H23N3O3. The Bertz CT molecular complexity index is 754. The number of nitrogens with one attached hydrogen (secondary N) is 1. The molecule has 0 fully saturated rings. The lowest BCUT2D eigenvalue weighted by atomic mass is 10.0. The summed E-state index contributed by atoms with van der Waals surface area (Å²) in [5.74, 6) is -0.506. The number of amides is 2. The summed E-state index contributed by atoms with van der Waals surface area (Å²) < 4.78 is 7.16. The quantitative estimate of drug-likeness (QED) is 0.912. The largest absolute Gasteiger partial charge is 0.444 e. The zero-order valence-corrected chi connectivity index (χ0v) is 14.1. The molecule has 2 rings (SSSR count). The molecule has 124 valence electrons. The first-order chi connectivity index (χ1) is 10.5. The van der Waals surface area contributed by atoms with Gasteiger partial charge >= 0.3 is 6.09 Å². The Morgan fingerprint density at radius 2 is 1.83 bits per heavy atom. The number of pyridine rings is 1. The second kappa shape index (κ2) is 5.61. The summed E-state index contributed by atoms with van der Waals surface area (Å²) in [6.45, 7) is 9.10. The first-order valence-electron chi connectivity index (χ1n) is 7.43. The Labute approximate surface area is 135 Å². The van der Waals surface area contributed by atoms with Crippen molar-refractivity contribution in [3.8, 4) is 0 Å². The fourth-order valence-corrected chi connectivity index (χ4v) is 2.45. The summed E-state index contributed by atoms with van der Waals surface area (Å²) in [5.41, 5.74) is 5.99. The van der Waals surface area contributed by atoms with Crippen molar-refractivity contribution < 1.29 is 14.3 Å². The van der Waals surface area contributed by atoms with E-state index in [-0.39, 0.29) is 0 Å². The summed E-state index contributed by atoms with van der Waals surface area (Å²) in [7, 11) is 0. The maximum Gasteiger partial charge on any atom is 0.408 e. The monoisotopic (exact) mass is 317 g/mol. The van der Waals surface area contributed by atoms with E-state index in [2.05, 4.69) is 5.32 Å². The van der Waals surface area contributed by atoms with E-state index in [9.17, 15) is 9.59 Å². The topological polar surface area (TPSA) is 85.8 Å². The van der Waals surface area contributed by atoms with Gasteiger partial charge in [0.2, 0.25) is 0 Å². The molecule has 0 bridgehead atoms. The molecule has 0 atom stereocenters. The van der Waals surface area contributed by atoms with Gasteiger partial charge in [-0.25, -0.2) is 4.79 Å². The number of fused-ring (bicyclic) bond motifs is 1. The van der Waals surface area contributed by atoms with Crippen LogP contribution in [-0.4, -0.2) is 22.0 Å². The van der Waals surface area contributed by atoms with Gasteiger partial charge in [-0.05, 0) is 52.8 Å². The van der Waals surface area contributed by atoms with E-state index in [0.717, 1.165) is 5.69 Å². The highest BCUT2D eigenvalue weighted by Crippen LogP contribution is 2.26. The minimum absolute atomic E-state index is 0.416. The van der Waals surface area contributed by atoms with Gasteiger partial charge in [-0.1, -0.05) is 6.07 Å².